The van der Waals surface area contributed by atoms with Gasteiger partial charge in [0.2, 0.25) is 0 Å². The fourth-order valence-electron chi connectivity index (χ4n) is 1.40. The van der Waals surface area contributed by atoms with E-state index in [1.165, 1.54) is 6.20 Å². The highest BCUT2D eigenvalue weighted by Gasteiger charge is 2.39. The molecule has 0 spiro atoms. The van der Waals surface area contributed by atoms with E-state index in [0.29, 0.717) is 18.8 Å². The van der Waals surface area contributed by atoms with Crippen molar-refractivity contribution in [3.05, 3.63) is 18.2 Å². The van der Waals surface area contributed by atoms with Crippen molar-refractivity contribution >= 4 is 0 Å². The molecule has 1 heterocycles. The molecule has 1 unspecified atom stereocenters. The van der Waals surface area contributed by atoms with Gasteiger partial charge >= 0.3 is 6.18 Å². The van der Waals surface area contributed by atoms with Gasteiger partial charge in [-0.2, -0.15) is 13.2 Å². The minimum atomic E-state index is -4.23. The Bertz CT molecular complexity index is 319. The number of nitrogens with one attached hydrogen (secondary N) is 1. The van der Waals surface area contributed by atoms with Crippen LogP contribution in [0.2, 0.25) is 0 Å². The second-order valence-corrected chi connectivity index (χ2v) is 3.71. The van der Waals surface area contributed by atoms with Gasteiger partial charge in [0.15, 0.2) is 0 Å². The highest BCUT2D eigenvalue weighted by Crippen LogP contribution is 2.22. The van der Waals surface area contributed by atoms with Gasteiger partial charge in [0.25, 0.3) is 0 Å². The Morgan fingerprint density at radius 3 is 2.62 bits per heavy atom. The number of nitrogens with zero attached hydrogens (tertiary/aromatic N) is 2. The maximum Gasteiger partial charge on any atom is 0.404 e. The lowest BCUT2D eigenvalue weighted by molar-refractivity contribution is -0.155. The average Bonchev–Trinajstić information content (AvgIpc) is 2.57. The Kier molecular flexibility index (Phi) is 4.35. The molecule has 1 N–H and O–H groups in total. The topological polar surface area (TPSA) is 29.9 Å². The molecular formula is C10H16F3N3. The second-order valence-electron chi connectivity index (χ2n) is 3.71. The van der Waals surface area contributed by atoms with Crippen LogP contribution in [0.5, 0.6) is 0 Å². The summed E-state index contributed by atoms with van der Waals surface area (Å²) in [5.74, 6) is 0.436. The molecule has 1 atom stereocenters. The number of aromatic nitrogens is 2. The summed E-state index contributed by atoms with van der Waals surface area (Å²) in [4.78, 5) is 3.90. The van der Waals surface area contributed by atoms with E-state index >= 15 is 0 Å². The van der Waals surface area contributed by atoms with Crippen LogP contribution in [0.15, 0.2) is 12.4 Å². The largest absolute Gasteiger partial charge is 0.404 e. The Labute approximate surface area is 92.7 Å². The van der Waals surface area contributed by atoms with Crippen LogP contribution in [0.1, 0.15) is 19.2 Å². The fourth-order valence-corrected chi connectivity index (χ4v) is 1.40. The van der Waals surface area contributed by atoms with E-state index in [1.807, 2.05) is 6.92 Å². The van der Waals surface area contributed by atoms with Crippen LogP contribution >= 0.6 is 0 Å². The van der Waals surface area contributed by atoms with E-state index in [-0.39, 0.29) is 6.42 Å². The standard InChI is InChI=1S/C10H16F3N3/c1-3-4-14-8(10(11,12)13)7-9-15-5-6-16(9)2/h5-6,8,14H,3-4,7H2,1-2H3. The monoisotopic (exact) mass is 235 g/mol. The summed E-state index contributed by atoms with van der Waals surface area (Å²) >= 11 is 0. The zero-order valence-electron chi connectivity index (χ0n) is 9.38. The van der Waals surface area contributed by atoms with Crippen LogP contribution in [-0.2, 0) is 13.5 Å². The van der Waals surface area contributed by atoms with Crippen molar-refractivity contribution in [3.8, 4) is 0 Å². The van der Waals surface area contributed by atoms with Gasteiger partial charge in [0, 0.05) is 25.9 Å². The lowest BCUT2D eigenvalue weighted by Crippen LogP contribution is -2.44. The molecule has 92 valence electrons. The number of aryl methyl sites for hydroxylation is 1. The Morgan fingerprint density at radius 1 is 1.50 bits per heavy atom. The number of hydrogen-bond acceptors (Lipinski definition) is 2. The fraction of sp³-hybridized carbons (Fsp3) is 0.700. The Balaban J connectivity index is 2.67. The van der Waals surface area contributed by atoms with E-state index in [9.17, 15) is 13.2 Å². The van der Waals surface area contributed by atoms with Crippen molar-refractivity contribution in [3.63, 3.8) is 0 Å². The quantitative estimate of drug-likeness (QED) is 0.844. The van der Waals surface area contributed by atoms with Gasteiger partial charge in [-0.05, 0) is 13.0 Å². The predicted octanol–water partition coefficient (Wildman–Crippen LogP) is 1.89. The average molecular weight is 235 g/mol. The van der Waals surface area contributed by atoms with Crippen molar-refractivity contribution < 1.29 is 13.2 Å². The second kappa shape index (κ2) is 5.34. The Morgan fingerprint density at radius 2 is 2.19 bits per heavy atom. The van der Waals surface area contributed by atoms with E-state index in [1.54, 1.807) is 17.8 Å². The molecule has 1 aromatic rings. The minimum Gasteiger partial charge on any atom is -0.338 e. The summed E-state index contributed by atoms with van der Waals surface area (Å²) in [6.45, 7) is 2.19. The molecule has 0 saturated heterocycles. The lowest BCUT2D eigenvalue weighted by atomic mass is 10.2. The Hall–Kier alpha value is -1.04. The SMILES string of the molecule is CCCNC(Cc1nccn1C)C(F)(F)F. The highest BCUT2D eigenvalue weighted by atomic mass is 19.4. The van der Waals surface area contributed by atoms with Gasteiger partial charge in [-0.3, -0.25) is 0 Å². The van der Waals surface area contributed by atoms with E-state index < -0.39 is 12.2 Å². The van der Waals surface area contributed by atoms with Gasteiger partial charge in [0.1, 0.15) is 11.9 Å². The lowest BCUT2D eigenvalue weighted by Gasteiger charge is -2.21. The first-order valence-corrected chi connectivity index (χ1v) is 5.21. The van der Waals surface area contributed by atoms with E-state index in [0.717, 1.165) is 0 Å². The predicted molar refractivity (Wildman–Crippen MR) is 55.0 cm³/mol. The molecule has 0 fully saturated rings. The molecule has 16 heavy (non-hydrogen) atoms. The third-order valence-electron chi connectivity index (χ3n) is 2.34. The summed E-state index contributed by atoms with van der Waals surface area (Å²) in [6.07, 6.45) is -0.549. The number of rotatable bonds is 5. The van der Waals surface area contributed by atoms with Crippen molar-refractivity contribution in [2.75, 3.05) is 6.54 Å². The molecular weight excluding hydrogens is 219 g/mol. The van der Waals surface area contributed by atoms with Crippen LogP contribution in [0, 0.1) is 0 Å². The van der Waals surface area contributed by atoms with Crippen molar-refractivity contribution in [2.24, 2.45) is 7.05 Å². The smallest absolute Gasteiger partial charge is 0.338 e. The molecule has 0 saturated carbocycles. The number of halogens is 3. The molecule has 0 aliphatic carbocycles. The molecule has 1 aromatic heterocycles. The molecule has 0 bridgehead atoms. The molecule has 0 amide bonds. The van der Waals surface area contributed by atoms with E-state index in [2.05, 4.69) is 10.3 Å². The van der Waals surface area contributed by atoms with Crippen molar-refractivity contribution in [2.45, 2.75) is 32.0 Å². The first-order chi connectivity index (χ1) is 7.45. The summed E-state index contributed by atoms with van der Waals surface area (Å²) in [6, 6.07) is -1.52. The third kappa shape index (κ3) is 3.52. The van der Waals surface area contributed by atoms with Crippen LogP contribution in [0.25, 0.3) is 0 Å². The summed E-state index contributed by atoms with van der Waals surface area (Å²) in [7, 11) is 1.69. The van der Waals surface area contributed by atoms with Crippen LogP contribution in [-0.4, -0.2) is 28.3 Å². The summed E-state index contributed by atoms with van der Waals surface area (Å²) < 4.78 is 39.6. The van der Waals surface area contributed by atoms with Gasteiger partial charge in [-0.25, -0.2) is 4.98 Å². The normalized spacial score (nSPS) is 14.1. The zero-order valence-corrected chi connectivity index (χ0v) is 9.38. The maximum absolute atomic E-state index is 12.7. The summed E-state index contributed by atoms with van der Waals surface area (Å²) in [5.41, 5.74) is 0. The van der Waals surface area contributed by atoms with Gasteiger partial charge < -0.3 is 9.88 Å². The van der Waals surface area contributed by atoms with Gasteiger partial charge in [0.05, 0.1) is 0 Å². The van der Waals surface area contributed by atoms with Gasteiger partial charge in [-0.1, -0.05) is 6.92 Å². The van der Waals surface area contributed by atoms with E-state index in [4.69, 9.17) is 0 Å². The molecule has 1 rings (SSSR count). The van der Waals surface area contributed by atoms with Crippen LogP contribution in [0.3, 0.4) is 0 Å². The molecule has 3 nitrogen and oxygen atoms in total. The maximum atomic E-state index is 12.7. The number of imidazole rings is 1. The molecule has 0 aliphatic heterocycles. The number of alkyl halides is 3. The molecule has 0 aliphatic rings. The van der Waals surface area contributed by atoms with Crippen molar-refractivity contribution in [1.82, 2.24) is 14.9 Å². The molecule has 6 heteroatoms. The zero-order chi connectivity index (χ0) is 12.2. The first-order valence-electron chi connectivity index (χ1n) is 5.21. The molecule has 0 radical (unpaired) electrons. The first kappa shape index (κ1) is 13.0. The van der Waals surface area contributed by atoms with Gasteiger partial charge in [-0.15, -0.1) is 0 Å². The van der Waals surface area contributed by atoms with Crippen LogP contribution < -0.4 is 5.32 Å². The number of hydrogen-bond donors (Lipinski definition) is 1. The van der Waals surface area contributed by atoms with Crippen molar-refractivity contribution in [1.29, 1.82) is 0 Å². The third-order valence-corrected chi connectivity index (χ3v) is 2.34. The summed E-state index contributed by atoms with van der Waals surface area (Å²) in [5, 5.41) is 2.50. The minimum absolute atomic E-state index is 0.132. The molecule has 0 aromatic carbocycles. The highest BCUT2D eigenvalue weighted by molar-refractivity contribution is 4.96. The van der Waals surface area contributed by atoms with Crippen LogP contribution in [0.4, 0.5) is 13.2 Å².